The van der Waals surface area contributed by atoms with Crippen LogP contribution in [-0.2, 0) is 18.9 Å². The number of esters is 2. The number of rotatable bonds is 12. The second kappa shape index (κ2) is 11.6. The van der Waals surface area contributed by atoms with E-state index in [0.29, 0.717) is 6.42 Å². The zero-order valence-corrected chi connectivity index (χ0v) is 14.8. The molecule has 0 aromatic heterocycles. The Kier molecular flexibility index (Phi) is 9.55. The molecule has 0 saturated heterocycles. The van der Waals surface area contributed by atoms with Gasteiger partial charge in [-0.3, -0.25) is 0 Å². The van der Waals surface area contributed by atoms with Crippen LogP contribution in [0.2, 0.25) is 0 Å². The van der Waals surface area contributed by atoms with Gasteiger partial charge in [-0.25, -0.2) is 27.2 Å². The number of ether oxygens (including phenoxy) is 4. The van der Waals surface area contributed by atoms with E-state index in [1.165, 1.54) is 6.26 Å². The zero-order chi connectivity index (χ0) is 21.1. The van der Waals surface area contributed by atoms with Gasteiger partial charge >= 0.3 is 11.9 Å². The topological polar surface area (TPSA) is 71.1 Å². The van der Waals surface area contributed by atoms with E-state index in [1.54, 1.807) is 0 Å². The van der Waals surface area contributed by atoms with Crippen LogP contribution in [0.15, 0.2) is 25.7 Å². The Bertz CT molecular complexity index is 706. The van der Waals surface area contributed by atoms with Crippen molar-refractivity contribution < 1.29 is 46.1 Å². The molecule has 6 nitrogen and oxygen atoms in total. The molecule has 0 heterocycles. The lowest BCUT2D eigenvalue weighted by atomic mass is 10.1. The Balaban J connectivity index is 2.90. The lowest BCUT2D eigenvalue weighted by molar-refractivity contribution is 0.0401. The van der Waals surface area contributed by atoms with Crippen LogP contribution in [0.4, 0.5) is 17.6 Å². The second-order valence-electron chi connectivity index (χ2n) is 5.06. The summed E-state index contributed by atoms with van der Waals surface area (Å²) in [4.78, 5) is 23.5. The molecular formula is C18H18F4O6. The molecule has 1 aromatic rings. The summed E-state index contributed by atoms with van der Waals surface area (Å²) >= 11 is 0. The minimum absolute atomic E-state index is 0.189. The van der Waals surface area contributed by atoms with Crippen LogP contribution in [0.5, 0.6) is 0 Å². The maximum absolute atomic E-state index is 14.1. The molecule has 0 saturated carbocycles. The predicted molar refractivity (Wildman–Crippen MR) is 88.4 cm³/mol. The molecule has 1 aromatic carbocycles. The summed E-state index contributed by atoms with van der Waals surface area (Å²) < 4.78 is 74.7. The number of hydrogen-bond donors (Lipinski definition) is 0. The maximum atomic E-state index is 14.1. The number of carbonyl (C=O) groups is 2. The summed E-state index contributed by atoms with van der Waals surface area (Å²) in [6.45, 7) is 5.91. The third-order valence-electron chi connectivity index (χ3n) is 3.23. The summed E-state index contributed by atoms with van der Waals surface area (Å²) in [5.74, 6) is -11.5. The first-order chi connectivity index (χ1) is 13.4. The SMILES string of the molecule is C=COCCCCOC(=O)c1c(F)c(F)c(C(=O)OCCOC=C)c(F)c1F. The maximum Gasteiger partial charge on any atom is 0.344 e. The van der Waals surface area contributed by atoms with Crippen LogP contribution in [0.25, 0.3) is 0 Å². The molecule has 10 heteroatoms. The molecule has 28 heavy (non-hydrogen) atoms. The summed E-state index contributed by atoms with van der Waals surface area (Å²) in [6, 6.07) is 0. The molecule has 0 aliphatic heterocycles. The molecule has 0 aliphatic rings. The Morgan fingerprint density at radius 2 is 1.07 bits per heavy atom. The normalized spacial score (nSPS) is 10.1. The van der Waals surface area contributed by atoms with Crippen molar-refractivity contribution in [2.24, 2.45) is 0 Å². The third-order valence-corrected chi connectivity index (χ3v) is 3.23. The van der Waals surface area contributed by atoms with E-state index >= 15 is 0 Å². The second-order valence-corrected chi connectivity index (χ2v) is 5.06. The highest BCUT2D eigenvalue weighted by molar-refractivity contribution is 5.94. The molecule has 0 radical (unpaired) electrons. The van der Waals surface area contributed by atoms with Gasteiger partial charge < -0.3 is 18.9 Å². The Morgan fingerprint density at radius 1 is 0.679 bits per heavy atom. The summed E-state index contributed by atoms with van der Waals surface area (Å²) in [6.07, 6.45) is 2.95. The van der Waals surface area contributed by atoms with E-state index in [4.69, 9.17) is 4.74 Å². The first-order valence-corrected chi connectivity index (χ1v) is 8.02. The lowest BCUT2D eigenvalue weighted by Crippen LogP contribution is -2.20. The fourth-order valence-corrected chi connectivity index (χ4v) is 1.94. The van der Waals surface area contributed by atoms with Crippen molar-refractivity contribution in [1.82, 2.24) is 0 Å². The van der Waals surface area contributed by atoms with E-state index in [9.17, 15) is 27.2 Å². The molecule has 1 rings (SSSR count). The first kappa shape index (κ1) is 23.0. The van der Waals surface area contributed by atoms with Crippen molar-refractivity contribution in [3.8, 4) is 0 Å². The highest BCUT2D eigenvalue weighted by atomic mass is 19.2. The van der Waals surface area contributed by atoms with Gasteiger partial charge in [-0.2, -0.15) is 0 Å². The van der Waals surface area contributed by atoms with Crippen LogP contribution in [-0.4, -0.2) is 38.4 Å². The Labute approximate surface area is 158 Å². The van der Waals surface area contributed by atoms with Gasteiger partial charge in [0.05, 0.1) is 25.7 Å². The molecule has 0 aliphatic carbocycles. The van der Waals surface area contributed by atoms with Gasteiger partial charge in [0.25, 0.3) is 0 Å². The molecule has 0 amide bonds. The number of benzene rings is 1. The van der Waals surface area contributed by atoms with E-state index in [1.807, 2.05) is 0 Å². The molecule has 0 unspecified atom stereocenters. The molecule has 0 spiro atoms. The molecule has 0 N–H and O–H groups in total. The predicted octanol–water partition coefficient (Wildman–Crippen LogP) is 3.66. The van der Waals surface area contributed by atoms with Gasteiger partial charge in [0.1, 0.15) is 24.3 Å². The van der Waals surface area contributed by atoms with Gasteiger partial charge in [-0.15, -0.1) is 0 Å². The van der Waals surface area contributed by atoms with Gasteiger partial charge in [0.2, 0.25) is 0 Å². The number of carbonyl (C=O) groups excluding carboxylic acids is 2. The van der Waals surface area contributed by atoms with Gasteiger partial charge in [0.15, 0.2) is 23.3 Å². The van der Waals surface area contributed by atoms with Crippen LogP contribution >= 0.6 is 0 Å². The smallest absolute Gasteiger partial charge is 0.344 e. The van der Waals surface area contributed by atoms with Crippen LogP contribution in [0.1, 0.15) is 33.6 Å². The van der Waals surface area contributed by atoms with E-state index in [0.717, 1.165) is 6.26 Å². The fourth-order valence-electron chi connectivity index (χ4n) is 1.94. The Morgan fingerprint density at radius 3 is 1.54 bits per heavy atom. The van der Waals surface area contributed by atoms with Crippen LogP contribution in [0, 0.1) is 23.3 Å². The molecule has 154 valence electrons. The van der Waals surface area contributed by atoms with Crippen molar-refractivity contribution in [3.63, 3.8) is 0 Å². The van der Waals surface area contributed by atoms with Gasteiger partial charge in [-0.05, 0) is 12.8 Å². The average Bonchev–Trinajstić information content (AvgIpc) is 2.66. The van der Waals surface area contributed by atoms with Crippen molar-refractivity contribution in [1.29, 1.82) is 0 Å². The first-order valence-electron chi connectivity index (χ1n) is 8.02. The largest absolute Gasteiger partial charge is 0.502 e. The van der Waals surface area contributed by atoms with Crippen LogP contribution in [0.3, 0.4) is 0 Å². The minimum Gasteiger partial charge on any atom is -0.502 e. The highest BCUT2D eigenvalue weighted by Gasteiger charge is 2.33. The minimum atomic E-state index is -2.07. The van der Waals surface area contributed by atoms with Crippen molar-refractivity contribution in [3.05, 3.63) is 60.1 Å². The third kappa shape index (κ3) is 6.00. The van der Waals surface area contributed by atoms with Crippen LogP contribution < -0.4 is 0 Å². The van der Waals surface area contributed by atoms with Crippen molar-refractivity contribution >= 4 is 11.9 Å². The van der Waals surface area contributed by atoms with E-state index < -0.39 is 52.9 Å². The van der Waals surface area contributed by atoms with E-state index in [2.05, 4.69) is 27.4 Å². The van der Waals surface area contributed by atoms with Gasteiger partial charge in [0, 0.05) is 0 Å². The van der Waals surface area contributed by atoms with Crippen molar-refractivity contribution in [2.45, 2.75) is 12.8 Å². The lowest BCUT2D eigenvalue weighted by Gasteiger charge is -2.11. The van der Waals surface area contributed by atoms with E-state index in [-0.39, 0.29) is 26.2 Å². The number of unbranched alkanes of at least 4 members (excludes halogenated alkanes) is 1. The molecule has 0 atom stereocenters. The molecular weight excluding hydrogens is 388 g/mol. The quantitative estimate of drug-likeness (QED) is 0.174. The zero-order valence-electron chi connectivity index (χ0n) is 14.8. The molecule has 0 fully saturated rings. The highest BCUT2D eigenvalue weighted by Crippen LogP contribution is 2.25. The number of hydrogen-bond acceptors (Lipinski definition) is 6. The summed E-state index contributed by atoms with van der Waals surface area (Å²) in [7, 11) is 0. The standard InChI is InChI=1S/C18H18F4O6/c1-3-25-7-5-6-8-27-17(23)11-13(19)15(21)12(16(22)14(11)20)18(24)28-10-9-26-4-2/h3-4H,1-2,5-10H2. The summed E-state index contributed by atoms with van der Waals surface area (Å²) in [5.41, 5.74) is -3.18. The number of halogens is 4. The summed E-state index contributed by atoms with van der Waals surface area (Å²) in [5, 5.41) is 0. The molecule has 0 bridgehead atoms. The fraction of sp³-hybridized carbons (Fsp3) is 0.333. The monoisotopic (exact) mass is 406 g/mol. The Hall–Kier alpha value is -3.04. The van der Waals surface area contributed by atoms with Gasteiger partial charge in [-0.1, -0.05) is 13.2 Å². The van der Waals surface area contributed by atoms with Crippen molar-refractivity contribution in [2.75, 3.05) is 26.4 Å². The average molecular weight is 406 g/mol.